The van der Waals surface area contributed by atoms with Crippen LogP contribution in [0.15, 0.2) is 119 Å². The van der Waals surface area contributed by atoms with Crippen molar-refractivity contribution in [2.75, 3.05) is 0 Å². The number of nitrogens with one attached hydrogen (secondary N) is 1. The first-order valence-electron chi connectivity index (χ1n) is 11.4. The van der Waals surface area contributed by atoms with Crippen LogP contribution in [0.25, 0.3) is 6.08 Å². The fourth-order valence-electron chi connectivity index (χ4n) is 3.25. The number of carbonyl (C=O) groups excluding carboxylic acids is 2. The van der Waals surface area contributed by atoms with Gasteiger partial charge in [0.1, 0.15) is 18.1 Å². The first kappa shape index (κ1) is 25.6. The Morgan fingerprint density at radius 1 is 0.865 bits per heavy atom. The zero-order valence-corrected chi connectivity index (χ0v) is 21.3. The molecule has 6 nitrogen and oxygen atoms in total. The number of nitrogens with zero attached hydrogens (tertiary/aromatic N) is 1. The molecule has 0 saturated heterocycles. The van der Waals surface area contributed by atoms with Crippen molar-refractivity contribution in [3.63, 3.8) is 0 Å². The number of amides is 1. The maximum absolute atomic E-state index is 12.5. The summed E-state index contributed by atoms with van der Waals surface area (Å²) in [6, 6.07) is 31.2. The van der Waals surface area contributed by atoms with E-state index in [1.54, 1.807) is 48.5 Å². The minimum atomic E-state index is -0.528. The molecule has 0 aliphatic carbocycles. The standard InChI is InChI=1S/C30H23BrN2O4/c31-26-14-17-28(37-29(34)18-11-22-7-3-1-4-8-22)25(19-26)20-32-33-30(35)24-12-15-27(16-13-24)36-21-23-9-5-2-6-10-23/h1-20H,21H2,(H,33,35). The number of halogens is 1. The van der Waals surface area contributed by atoms with Crippen LogP contribution < -0.4 is 14.9 Å². The molecule has 0 aliphatic rings. The van der Waals surface area contributed by atoms with Gasteiger partial charge in [-0.15, -0.1) is 0 Å². The third-order valence-corrected chi connectivity index (χ3v) is 5.62. The number of hydrazone groups is 1. The van der Waals surface area contributed by atoms with Crippen molar-refractivity contribution in [1.82, 2.24) is 5.43 Å². The lowest BCUT2D eigenvalue weighted by Crippen LogP contribution is -2.17. The van der Waals surface area contributed by atoms with E-state index in [1.165, 1.54) is 12.3 Å². The second-order valence-corrected chi connectivity index (χ2v) is 8.76. The summed E-state index contributed by atoms with van der Waals surface area (Å²) in [5.74, 6) is 0.0549. The van der Waals surface area contributed by atoms with Gasteiger partial charge in [0, 0.05) is 21.7 Å². The molecular formula is C30H23BrN2O4. The van der Waals surface area contributed by atoms with E-state index in [0.29, 0.717) is 29.2 Å². The summed E-state index contributed by atoms with van der Waals surface area (Å²) in [5, 5.41) is 4.03. The Kier molecular flexibility index (Phi) is 8.99. The first-order chi connectivity index (χ1) is 18.1. The van der Waals surface area contributed by atoms with Gasteiger partial charge < -0.3 is 9.47 Å². The molecule has 0 aromatic heterocycles. The van der Waals surface area contributed by atoms with Gasteiger partial charge in [-0.25, -0.2) is 10.2 Å². The molecule has 0 spiro atoms. The molecule has 1 N–H and O–H groups in total. The minimum absolute atomic E-state index is 0.309. The van der Waals surface area contributed by atoms with Crippen LogP contribution in [0.3, 0.4) is 0 Å². The summed E-state index contributed by atoms with van der Waals surface area (Å²) in [7, 11) is 0. The highest BCUT2D eigenvalue weighted by Gasteiger charge is 2.08. The molecule has 0 fully saturated rings. The lowest BCUT2D eigenvalue weighted by Gasteiger charge is -2.07. The molecule has 7 heteroatoms. The molecule has 0 saturated carbocycles. The molecule has 0 heterocycles. The predicted molar refractivity (Wildman–Crippen MR) is 148 cm³/mol. The van der Waals surface area contributed by atoms with Gasteiger partial charge in [0.05, 0.1) is 6.21 Å². The molecule has 37 heavy (non-hydrogen) atoms. The van der Waals surface area contributed by atoms with Gasteiger partial charge in [0.2, 0.25) is 0 Å². The molecule has 0 bridgehead atoms. The van der Waals surface area contributed by atoms with Crippen molar-refractivity contribution in [3.05, 3.63) is 136 Å². The molecule has 0 atom stereocenters. The van der Waals surface area contributed by atoms with Crippen molar-refractivity contribution < 1.29 is 19.1 Å². The number of hydrogen-bond donors (Lipinski definition) is 1. The fourth-order valence-corrected chi connectivity index (χ4v) is 3.63. The van der Waals surface area contributed by atoms with Gasteiger partial charge in [-0.1, -0.05) is 76.6 Å². The van der Waals surface area contributed by atoms with Crippen molar-refractivity contribution in [1.29, 1.82) is 0 Å². The number of esters is 1. The van der Waals surface area contributed by atoms with Crippen LogP contribution in [0, 0.1) is 0 Å². The molecule has 184 valence electrons. The Labute approximate surface area is 223 Å². The molecule has 4 aromatic carbocycles. The highest BCUT2D eigenvalue weighted by atomic mass is 79.9. The summed E-state index contributed by atoms with van der Waals surface area (Å²) >= 11 is 3.40. The summed E-state index contributed by atoms with van der Waals surface area (Å²) < 4.78 is 12.0. The first-order valence-corrected chi connectivity index (χ1v) is 12.2. The van der Waals surface area contributed by atoms with Crippen molar-refractivity contribution in [3.8, 4) is 11.5 Å². The molecule has 4 rings (SSSR count). The largest absolute Gasteiger partial charge is 0.489 e. The number of carbonyl (C=O) groups is 2. The van der Waals surface area contributed by atoms with Crippen molar-refractivity contribution in [2.24, 2.45) is 5.10 Å². The summed E-state index contributed by atoms with van der Waals surface area (Å²) in [5.41, 5.74) is 5.38. The highest BCUT2D eigenvalue weighted by molar-refractivity contribution is 9.10. The molecule has 0 unspecified atom stereocenters. The van der Waals surface area contributed by atoms with E-state index in [4.69, 9.17) is 9.47 Å². The Morgan fingerprint density at radius 2 is 1.57 bits per heavy atom. The van der Waals surface area contributed by atoms with Crippen LogP contribution in [0.1, 0.15) is 27.0 Å². The van der Waals surface area contributed by atoms with Crippen LogP contribution >= 0.6 is 15.9 Å². The smallest absolute Gasteiger partial charge is 0.336 e. The maximum Gasteiger partial charge on any atom is 0.336 e. The zero-order valence-electron chi connectivity index (χ0n) is 19.7. The van der Waals surface area contributed by atoms with E-state index in [9.17, 15) is 9.59 Å². The van der Waals surface area contributed by atoms with E-state index in [0.717, 1.165) is 15.6 Å². The average Bonchev–Trinajstić information content (AvgIpc) is 2.93. The van der Waals surface area contributed by atoms with E-state index in [-0.39, 0.29) is 5.91 Å². The lowest BCUT2D eigenvalue weighted by atomic mass is 10.2. The second-order valence-electron chi connectivity index (χ2n) is 7.85. The maximum atomic E-state index is 12.5. The fraction of sp³-hybridized carbons (Fsp3) is 0.0333. The monoisotopic (exact) mass is 554 g/mol. The minimum Gasteiger partial charge on any atom is -0.489 e. The van der Waals surface area contributed by atoms with Gasteiger partial charge >= 0.3 is 5.97 Å². The van der Waals surface area contributed by atoms with Gasteiger partial charge in [-0.3, -0.25) is 4.79 Å². The summed E-state index contributed by atoms with van der Waals surface area (Å²) in [6.45, 7) is 0.443. The second kappa shape index (κ2) is 13.0. The van der Waals surface area contributed by atoms with Crippen LogP contribution in [0.2, 0.25) is 0 Å². The molecule has 0 aliphatic heterocycles. The lowest BCUT2D eigenvalue weighted by molar-refractivity contribution is -0.128. The van der Waals surface area contributed by atoms with Crippen LogP contribution in [0.5, 0.6) is 11.5 Å². The third-order valence-electron chi connectivity index (χ3n) is 5.13. The molecular weight excluding hydrogens is 532 g/mol. The summed E-state index contributed by atoms with van der Waals surface area (Å²) in [6.07, 6.45) is 4.45. The number of ether oxygens (including phenoxy) is 2. The number of hydrogen-bond acceptors (Lipinski definition) is 5. The number of rotatable bonds is 9. The average molecular weight is 555 g/mol. The van der Waals surface area contributed by atoms with Gasteiger partial charge in [0.25, 0.3) is 5.91 Å². The summed E-state index contributed by atoms with van der Waals surface area (Å²) in [4.78, 5) is 24.8. The Morgan fingerprint density at radius 3 is 2.30 bits per heavy atom. The third kappa shape index (κ3) is 8.02. The highest BCUT2D eigenvalue weighted by Crippen LogP contribution is 2.22. The molecule has 0 radical (unpaired) electrons. The normalized spacial score (nSPS) is 10.9. The van der Waals surface area contributed by atoms with Crippen LogP contribution in [-0.4, -0.2) is 18.1 Å². The van der Waals surface area contributed by atoms with E-state index < -0.39 is 5.97 Å². The van der Waals surface area contributed by atoms with Gasteiger partial charge in [0.15, 0.2) is 0 Å². The van der Waals surface area contributed by atoms with Crippen molar-refractivity contribution in [2.45, 2.75) is 6.61 Å². The Hall–Kier alpha value is -4.49. The van der Waals surface area contributed by atoms with E-state index >= 15 is 0 Å². The topological polar surface area (TPSA) is 77.0 Å². The quantitative estimate of drug-likeness (QED) is 0.0852. The van der Waals surface area contributed by atoms with E-state index in [2.05, 4.69) is 26.5 Å². The SMILES string of the molecule is O=C(C=Cc1ccccc1)Oc1ccc(Br)cc1C=NNC(=O)c1ccc(OCc2ccccc2)cc1. The van der Waals surface area contributed by atoms with Crippen LogP contribution in [0.4, 0.5) is 0 Å². The molecule has 4 aromatic rings. The van der Waals surface area contributed by atoms with Crippen LogP contribution in [-0.2, 0) is 11.4 Å². The predicted octanol–water partition coefficient (Wildman–Crippen LogP) is 6.41. The van der Waals surface area contributed by atoms with Crippen molar-refractivity contribution >= 4 is 40.1 Å². The Balaban J connectivity index is 1.34. The Bertz CT molecular complexity index is 1400. The van der Waals surface area contributed by atoms with E-state index in [1.807, 2.05) is 60.7 Å². The zero-order chi connectivity index (χ0) is 25.9. The number of benzene rings is 4. The van der Waals surface area contributed by atoms with Gasteiger partial charge in [-0.2, -0.15) is 5.10 Å². The van der Waals surface area contributed by atoms with Gasteiger partial charge in [-0.05, 0) is 59.7 Å². The molecule has 1 amide bonds.